The van der Waals surface area contributed by atoms with Crippen LogP contribution in [-0.2, 0) is 11.2 Å². The van der Waals surface area contributed by atoms with E-state index in [2.05, 4.69) is 27.8 Å². The third kappa shape index (κ3) is 3.09. The van der Waals surface area contributed by atoms with E-state index in [1.54, 1.807) is 0 Å². The SMILES string of the molecule is CCc1c(C)nc2ccc(Br)cc2c1SCC(=O)[O-]. The molecule has 0 fully saturated rings. The Morgan fingerprint density at radius 3 is 2.84 bits per heavy atom. The van der Waals surface area contributed by atoms with Gasteiger partial charge in [-0.3, -0.25) is 4.98 Å². The molecule has 0 bridgehead atoms. The van der Waals surface area contributed by atoms with Gasteiger partial charge in [-0.05, 0) is 37.1 Å². The third-order valence-electron chi connectivity index (χ3n) is 2.89. The van der Waals surface area contributed by atoms with Crippen LogP contribution in [0.1, 0.15) is 18.2 Å². The number of aryl methyl sites for hydroxylation is 1. The number of fused-ring (bicyclic) bond motifs is 1. The molecule has 3 nitrogen and oxygen atoms in total. The maximum absolute atomic E-state index is 10.7. The zero-order chi connectivity index (χ0) is 14.0. The van der Waals surface area contributed by atoms with E-state index in [1.165, 1.54) is 11.8 Å². The molecule has 0 aliphatic rings. The van der Waals surface area contributed by atoms with Crippen molar-refractivity contribution < 1.29 is 9.90 Å². The fraction of sp³-hybridized carbons (Fsp3) is 0.286. The van der Waals surface area contributed by atoms with Crippen LogP contribution in [0.25, 0.3) is 10.9 Å². The van der Waals surface area contributed by atoms with Crippen LogP contribution in [0.5, 0.6) is 0 Å². The molecule has 2 aromatic rings. The first-order chi connectivity index (χ1) is 9.02. The molecule has 1 aromatic carbocycles. The van der Waals surface area contributed by atoms with Gasteiger partial charge in [0.15, 0.2) is 0 Å². The molecule has 0 aliphatic heterocycles. The van der Waals surface area contributed by atoms with Crippen LogP contribution in [0.2, 0.25) is 0 Å². The van der Waals surface area contributed by atoms with Gasteiger partial charge >= 0.3 is 0 Å². The first-order valence-electron chi connectivity index (χ1n) is 5.94. The summed E-state index contributed by atoms with van der Waals surface area (Å²) in [6.07, 6.45) is 0.830. The van der Waals surface area contributed by atoms with E-state index >= 15 is 0 Å². The van der Waals surface area contributed by atoms with Gasteiger partial charge in [0.1, 0.15) is 0 Å². The molecule has 0 aliphatic carbocycles. The van der Waals surface area contributed by atoms with Gasteiger partial charge in [0.2, 0.25) is 0 Å². The van der Waals surface area contributed by atoms with Crippen LogP contribution in [0.4, 0.5) is 0 Å². The molecule has 0 saturated heterocycles. The summed E-state index contributed by atoms with van der Waals surface area (Å²) in [4.78, 5) is 16.3. The number of carbonyl (C=O) groups is 1. The lowest BCUT2D eigenvalue weighted by atomic mass is 10.1. The number of hydrogen-bond acceptors (Lipinski definition) is 4. The minimum absolute atomic E-state index is 0.0436. The molecule has 2 rings (SSSR count). The number of benzene rings is 1. The molecule has 1 aromatic heterocycles. The summed E-state index contributed by atoms with van der Waals surface area (Å²) in [7, 11) is 0. The Kier molecular flexibility index (Phi) is 4.47. The van der Waals surface area contributed by atoms with E-state index in [4.69, 9.17) is 0 Å². The second-order valence-electron chi connectivity index (χ2n) is 4.18. The lowest BCUT2D eigenvalue weighted by molar-refractivity contribution is -0.301. The van der Waals surface area contributed by atoms with Gasteiger partial charge in [-0.25, -0.2) is 0 Å². The first kappa shape index (κ1) is 14.3. The molecule has 0 saturated carbocycles. The molecule has 1 heterocycles. The fourth-order valence-corrected chi connectivity index (χ4v) is 3.48. The number of pyridine rings is 1. The van der Waals surface area contributed by atoms with E-state index in [0.717, 1.165) is 37.9 Å². The van der Waals surface area contributed by atoms with Gasteiger partial charge in [0.25, 0.3) is 0 Å². The van der Waals surface area contributed by atoms with Crippen molar-refractivity contribution in [3.8, 4) is 0 Å². The smallest absolute Gasteiger partial charge is 0.0717 e. The molecule has 19 heavy (non-hydrogen) atoms. The minimum atomic E-state index is -1.05. The predicted octanol–water partition coefficient (Wildman–Crippen LogP) is 2.71. The topological polar surface area (TPSA) is 53.0 Å². The second-order valence-corrected chi connectivity index (χ2v) is 6.08. The summed E-state index contributed by atoms with van der Waals surface area (Å²) < 4.78 is 0.961. The number of carboxylic acids is 1. The molecule has 0 unspecified atom stereocenters. The summed E-state index contributed by atoms with van der Waals surface area (Å²) >= 11 is 4.76. The van der Waals surface area contributed by atoms with E-state index in [9.17, 15) is 9.90 Å². The quantitative estimate of drug-likeness (QED) is 0.804. The molecular weight excluding hydrogens is 326 g/mol. The van der Waals surface area contributed by atoms with Gasteiger partial charge in [-0.2, -0.15) is 0 Å². The van der Waals surface area contributed by atoms with Crippen molar-refractivity contribution in [2.24, 2.45) is 0 Å². The maximum Gasteiger partial charge on any atom is 0.0717 e. The number of carbonyl (C=O) groups excluding carboxylic acids is 1. The maximum atomic E-state index is 10.7. The highest BCUT2D eigenvalue weighted by atomic mass is 79.9. The van der Waals surface area contributed by atoms with Crippen molar-refractivity contribution in [1.29, 1.82) is 0 Å². The van der Waals surface area contributed by atoms with Crippen LogP contribution >= 0.6 is 27.7 Å². The second kappa shape index (κ2) is 5.92. The number of rotatable bonds is 4. The van der Waals surface area contributed by atoms with E-state index in [-0.39, 0.29) is 5.75 Å². The first-order valence-corrected chi connectivity index (χ1v) is 7.72. The van der Waals surface area contributed by atoms with Crippen molar-refractivity contribution in [3.05, 3.63) is 33.9 Å². The highest BCUT2D eigenvalue weighted by Crippen LogP contribution is 2.34. The Labute approximate surface area is 124 Å². The van der Waals surface area contributed by atoms with Crippen LogP contribution < -0.4 is 5.11 Å². The van der Waals surface area contributed by atoms with E-state index in [1.807, 2.05) is 25.1 Å². The van der Waals surface area contributed by atoms with Crippen molar-refractivity contribution in [1.82, 2.24) is 4.98 Å². The monoisotopic (exact) mass is 338 g/mol. The van der Waals surface area contributed by atoms with E-state index < -0.39 is 5.97 Å². The van der Waals surface area contributed by atoms with Gasteiger partial charge in [-0.15, -0.1) is 11.8 Å². The number of aromatic nitrogens is 1. The van der Waals surface area contributed by atoms with Crippen LogP contribution in [-0.4, -0.2) is 16.7 Å². The summed E-state index contributed by atoms with van der Waals surface area (Å²) in [6, 6.07) is 5.86. The predicted molar refractivity (Wildman–Crippen MR) is 79.3 cm³/mol. The van der Waals surface area contributed by atoms with Crippen LogP contribution in [0.3, 0.4) is 0 Å². The van der Waals surface area contributed by atoms with Gasteiger partial charge in [-0.1, -0.05) is 22.9 Å². The standard InChI is InChI=1S/C14H14BrNO2S/c1-3-10-8(2)16-12-5-4-9(15)6-11(12)14(10)19-7-13(17)18/h4-6H,3,7H2,1-2H3,(H,17,18)/p-1. The van der Waals surface area contributed by atoms with Gasteiger partial charge in [0, 0.05) is 26.2 Å². The molecule has 0 radical (unpaired) electrons. The largest absolute Gasteiger partial charge is 0.549 e. The molecule has 100 valence electrons. The van der Waals surface area contributed by atoms with Crippen molar-refractivity contribution in [3.63, 3.8) is 0 Å². The van der Waals surface area contributed by atoms with Crippen LogP contribution in [0, 0.1) is 6.92 Å². The summed E-state index contributed by atoms with van der Waals surface area (Å²) in [5, 5.41) is 11.7. The lowest BCUT2D eigenvalue weighted by Gasteiger charge is -2.14. The van der Waals surface area contributed by atoms with Crippen molar-refractivity contribution >= 4 is 44.6 Å². The van der Waals surface area contributed by atoms with Gasteiger partial charge in [0.05, 0.1) is 11.5 Å². The highest BCUT2D eigenvalue weighted by molar-refractivity contribution is 9.10. The Balaban J connectivity index is 2.65. The highest BCUT2D eigenvalue weighted by Gasteiger charge is 2.12. The Bertz CT molecular complexity index is 643. The molecule has 5 heteroatoms. The molecule has 0 amide bonds. The normalized spacial score (nSPS) is 10.9. The molecular formula is C14H13BrNO2S-. The zero-order valence-electron chi connectivity index (χ0n) is 10.7. The zero-order valence-corrected chi connectivity index (χ0v) is 13.1. The lowest BCUT2D eigenvalue weighted by Crippen LogP contribution is -2.24. The number of nitrogens with zero attached hydrogens (tertiary/aromatic N) is 1. The molecule has 0 N–H and O–H groups in total. The number of hydrogen-bond donors (Lipinski definition) is 0. The number of aliphatic carboxylic acids is 1. The fourth-order valence-electron chi connectivity index (χ4n) is 2.07. The molecule has 0 spiro atoms. The Morgan fingerprint density at radius 1 is 1.47 bits per heavy atom. The van der Waals surface area contributed by atoms with Crippen molar-refractivity contribution in [2.75, 3.05) is 5.75 Å². The van der Waals surface area contributed by atoms with Crippen molar-refractivity contribution in [2.45, 2.75) is 25.2 Å². The summed E-state index contributed by atoms with van der Waals surface area (Å²) in [5.74, 6) is -1.09. The Hall–Kier alpha value is -1.07. The minimum Gasteiger partial charge on any atom is -0.549 e. The average molecular weight is 339 g/mol. The average Bonchev–Trinajstić information content (AvgIpc) is 2.36. The summed E-state index contributed by atoms with van der Waals surface area (Å²) in [6.45, 7) is 4.01. The van der Waals surface area contributed by atoms with Gasteiger partial charge < -0.3 is 9.90 Å². The van der Waals surface area contributed by atoms with E-state index in [0.29, 0.717) is 0 Å². The summed E-state index contributed by atoms with van der Waals surface area (Å²) in [5.41, 5.74) is 2.95. The Morgan fingerprint density at radius 2 is 2.21 bits per heavy atom. The van der Waals surface area contributed by atoms with Crippen LogP contribution in [0.15, 0.2) is 27.6 Å². The number of halogens is 1. The third-order valence-corrected chi connectivity index (χ3v) is 4.52. The number of carboxylic acid groups (broad SMARTS) is 1. The molecule has 0 atom stereocenters. The number of thioether (sulfide) groups is 1.